The SMILES string of the molecule is CCCNC(CN(C)CCOCC1CC1)C(=O)OCC. The topological polar surface area (TPSA) is 50.8 Å². The molecule has 1 atom stereocenters. The smallest absolute Gasteiger partial charge is 0.324 e. The number of nitrogens with one attached hydrogen (secondary N) is 1. The largest absolute Gasteiger partial charge is 0.465 e. The fraction of sp³-hybridized carbons (Fsp3) is 0.933. The number of carbonyl (C=O) groups is 1. The number of hydrogen-bond acceptors (Lipinski definition) is 5. The van der Waals surface area contributed by atoms with Crippen LogP contribution in [0, 0.1) is 5.92 Å². The zero-order valence-electron chi connectivity index (χ0n) is 13.2. The highest BCUT2D eigenvalue weighted by Crippen LogP contribution is 2.28. The maximum atomic E-state index is 11.9. The Kier molecular flexibility index (Phi) is 8.82. The van der Waals surface area contributed by atoms with Crippen molar-refractivity contribution in [2.24, 2.45) is 5.92 Å². The highest BCUT2D eigenvalue weighted by atomic mass is 16.5. The summed E-state index contributed by atoms with van der Waals surface area (Å²) in [6.07, 6.45) is 3.65. The fourth-order valence-electron chi connectivity index (χ4n) is 1.94. The van der Waals surface area contributed by atoms with Crippen LogP contribution >= 0.6 is 0 Å². The molecule has 0 aromatic carbocycles. The van der Waals surface area contributed by atoms with Crippen LogP contribution in [0.2, 0.25) is 0 Å². The van der Waals surface area contributed by atoms with E-state index < -0.39 is 0 Å². The summed E-state index contributed by atoms with van der Waals surface area (Å²) in [5.74, 6) is 0.644. The lowest BCUT2D eigenvalue weighted by Gasteiger charge is -2.23. The lowest BCUT2D eigenvalue weighted by molar-refractivity contribution is -0.146. The minimum atomic E-state index is -0.247. The Morgan fingerprint density at radius 3 is 2.75 bits per heavy atom. The zero-order chi connectivity index (χ0) is 14.8. The first-order valence-corrected chi connectivity index (χ1v) is 7.83. The van der Waals surface area contributed by atoms with E-state index in [4.69, 9.17) is 9.47 Å². The summed E-state index contributed by atoms with van der Waals surface area (Å²) in [7, 11) is 2.01. The first-order chi connectivity index (χ1) is 9.67. The maximum Gasteiger partial charge on any atom is 0.324 e. The lowest BCUT2D eigenvalue weighted by atomic mass is 10.2. The van der Waals surface area contributed by atoms with Crippen molar-refractivity contribution in [3.63, 3.8) is 0 Å². The number of hydrogen-bond donors (Lipinski definition) is 1. The highest BCUT2D eigenvalue weighted by molar-refractivity contribution is 5.76. The Bertz CT molecular complexity index is 270. The van der Waals surface area contributed by atoms with Crippen LogP contribution in [0.1, 0.15) is 33.1 Å². The van der Waals surface area contributed by atoms with E-state index in [9.17, 15) is 4.79 Å². The van der Waals surface area contributed by atoms with Gasteiger partial charge in [-0.15, -0.1) is 0 Å². The molecule has 1 aliphatic rings. The van der Waals surface area contributed by atoms with E-state index in [2.05, 4.69) is 17.1 Å². The van der Waals surface area contributed by atoms with Crippen LogP contribution in [0.4, 0.5) is 0 Å². The zero-order valence-corrected chi connectivity index (χ0v) is 13.2. The minimum Gasteiger partial charge on any atom is -0.465 e. The second-order valence-corrected chi connectivity index (χ2v) is 5.54. The van der Waals surface area contributed by atoms with Crippen LogP contribution in [0.3, 0.4) is 0 Å². The average molecular weight is 286 g/mol. The molecule has 0 amide bonds. The van der Waals surface area contributed by atoms with E-state index in [-0.39, 0.29) is 12.0 Å². The van der Waals surface area contributed by atoms with Gasteiger partial charge in [-0.25, -0.2) is 0 Å². The van der Waals surface area contributed by atoms with Crippen LogP contribution < -0.4 is 5.32 Å². The molecule has 0 aromatic rings. The monoisotopic (exact) mass is 286 g/mol. The van der Waals surface area contributed by atoms with Gasteiger partial charge in [0, 0.05) is 19.7 Å². The van der Waals surface area contributed by atoms with Crippen LogP contribution in [-0.4, -0.2) is 63.4 Å². The number of likely N-dealkylation sites (N-methyl/N-ethyl adjacent to an activating group) is 1. The quantitative estimate of drug-likeness (QED) is 0.432. The van der Waals surface area contributed by atoms with Crippen LogP contribution in [-0.2, 0) is 14.3 Å². The molecule has 1 N–H and O–H groups in total. The molecule has 1 saturated carbocycles. The molecule has 0 heterocycles. The third kappa shape index (κ3) is 7.82. The number of esters is 1. The van der Waals surface area contributed by atoms with E-state index >= 15 is 0 Å². The molecule has 0 bridgehead atoms. The predicted octanol–water partition coefficient (Wildman–Crippen LogP) is 1.28. The Morgan fingerprint density at radius 2 is 2.15 bits per heavy atom. The van der Waals surface area contributed by atoms with Gasteiger partial charge in [-0.3, -0.25) is 4.79 Å². The van der Waals surface area contributed by atoms with Gasteiger partial charge in [0.1, 0.15) is 6.04 Å². The average Bonchev–Trinajstić information content (AvgIpc) is 3.24. The van der Waals surface area contributed by atoms with E-state index in [0.29, 0.717) is 13.2 Å². The molecule has 5 heteroatoms. The van der Waals surface area contributed by atoms with Crippen LogP contribution in [0.5, 0.6) is 0 Å². The van der Waals surface area contributed by atoms with Gasteiger partial charge in [-0.1, -0.05) is 6.92 Å². The van der Waals surface area contributed by atoms with Gasteiger partial charge in [0.15, 0.2) is 0 Å². The molecule has 5 nitrogen and oxygen atoms in total. The number of carbonyl (C=O) groups excluding carboxylic acids is 1. The molecule has 0 aromatic heterocycles. The Balaban J connectivity index is 2.20. The Hall–Kier alpha value is -0.650. The molecule has 1 rings (SSSR count). The summed E-state index contributed by atoms with van der Waals surface area (Å²) >= 11 is 0. The molecule has 0 spiro atoms. The van der Waals surface area contributed by atoms with Gasteiger partial charge in [0.25, 0.3) is 0 Å². The summed E-state index contributed by atoms with van der Waals surface area (Å²) in [6.45, 7) is 8.31. The summed E-state index contributed by atoms with van der Waals surface area (Å²) in [5.41, 5.74) is 0. The molecule has 1 unspecified atom stereocenters. The number of ether oxygens (including phenoxy) is 2. The van der Waals surface area contributed by atoms with Crippen molar-refractivity contribution >= 4 is 5.97 Å². The summed E-state index contributed by atoms with van der Waals surface area (Å²) in [6, 6.07) is -0.247. The molecule has 1 aliphatic carbocycles. The summed E-state index contributed by atoms with van der Waals surface area (Å²) in [4.78, 5) is 14.0. The molecule has 0 radical (unpaired) electrons. The van der Waals surface area contributed by atoms with Crippen molar-refractivity contribution in [2.75, 3.05) is 46.5 Å². The molecule has 0 saturated heterocycles. The highest BCUT2D eigenvalue weighted by Gasteiger charge is 2.22. The third-order valence-electron chi connectivity index (χ3n) is 3.37. The normalized spacial score (nSPS) is 16.4. The minimum absolute atomic E-state index is 0.160. The van der Waals surface area contributed by atoms with Gasteiger partial charge in [-0.2, -0.15) is 0 Å². The number of nitrogens with zero attached hydrogens (tertiary/aromatic N) is 1. The van der Waals surface area contributed by atoms with E-state index in [1.165, 1.54) is 12.8 Å². The maximum absolute atomic E-state index is 11.9. The summed E-state index contributed by atoms with van der Waals surface area (Å²) in [5, 5.41) is 3.25. The van der Waals surface area contributed by atoms with Crippen molar-refractivity contribution in [1.82, 2.24) is 10.2 Å². The van der Waals surface area contributed by atoms with Crippen LogP contribution in [0.25, 0.3) is 0 Å². The van der Waals surface area contributed by atoms with Gasteiger partial charge in [0.05, 0.1) is 13.2 Å². The standard InChI is InChI=1S/C15H30N2O3/c1-4-8-16-14(15(18)20-5-2)11-17(3)9-10-19-12-13-6-7-13/h13-14,16H,4-12H2,1-3H3. The third-order valence-corrected chi connectivity index (χ3v) is 3.37. The fourth-order valence-corrected chi connectivity index (χ4v) is 1.94. The Labute approximate surface area is 123 Å². The molecule has 1 fully saturated rings. The van der Waals surface area contributed by atoms with E-state index in [1.54, 1.807) is 0 Å². The second kappa shape index (κ2) is 10.1. The van der Waals surface area contributed by atoms with Crippen molar-refractivity contribution in [2.45, 2.75) is 39.2 Å². The molecule has 118 valence electrons. The van der Waals surface area contributed by atoms with Gasteiger partial charge >= 0.3 is 5.97 Å². The Morgan fingerprint density at radius 1 is 1.40 bits per heavy atom. The second-order valence-electron chi connectivity index (χ2n) is 5.54. The van der Waals surface area contributed by atoms with Gasteiger partial charge < -0.3 is 19.7 Å². The predicted molar refractivity (Wildman–Crippen MR) is 79.8 cm³/mol. The first-order valence-electron chi connectivity index (χ1n) is 7.83. The molecule has 0 aliphatic heterocycles. The first kappa shape index (κ1) is 17.4. The van der Waals surface area contributed by atoms with Crippen molar-refractivity contribution in [3.8, 4) is 0 Å². The van der Waals surface area contributed by atoms with Crippen molar-refractivity contribution < 1.29 is 14.3 Å². The van der Waals surface area contributed by atoms with Crippen LogP contribution in [0.15, 0.2) is 0 Å². The lowest BCUT2D eigenvalue weighted by Crippen LogP contribution is -2.46. The molecular weight excluding hydrogens is 256 g/mol. The van der Waals surface area contributed by atoms with E-state index in [0.717, 1.165) is 38.6 Å². The molecular formula is C15H30N2O3. The van der Waals surface area contributed by atoms with Crippen molar-refractivity contribution in [3.05, 3.63) is 0 Å². The number of rotatable bonds is 12. The summed E-state index contributed by atoms with van der Waals surface area (Å²) < 4.78 is 10.7. The molecule has 20 heavy (non-hydrogen) atoms. The van der Waals surface area contributed by atoms with Gasteiger partial charge in [0.2, 0.25) is 0 Å². The van der Waals surface area contributed by atoms with Gasteiger partial charge in [-0.05, 0) is 45.7 Å². The van der Waals surface area contributed by atoms with E-state index in [1.807, 2.05) is 14.0 Å². The van der Waals surface area contributed by atoms with Crippen molar-refractivity contribution in [1.29, 1.82) is 0 Å².